The van der Waals surface area contributed by atoms with Crippen molar-refractivity contribution in [1.29, 1.82) is 0 Å². The number of hydrogen-bond acceptors (Lipinski definition) is 1. The number of fused-ring (bicyclic) bond motifs is 8. The molecule has 0 saturated heterocycles. The van der Waals surface area contributed by atoms with Gasteiger partial charge >= 0.3 is 0 Å². The lowest BCUT2D eigenvalue weighted by Crippen LogP contribution is -2.75. The summed E-state index contributed by atoms with van der Waals surface area (Å²) in [6, 6.07) is 21.4. The van der Waals surface area contributed by atoms with E-state index >= 15 is 4.39 Å². The molecule has 208 valence electrons. The predicted octanol–water partition coefficient (Wildman–Crippen LogP) is 6.88. The lowest BCUT2D eigenvalue weighted by atomic mass is 9.49. The van der Waals surface area contributed by atoms with E-state index in [2.05, 4.69) is 128 Å². The lowest BCUT2D eigenvalue weighted by molar-refractivity contribution is -0.761. The van der Waals surface area contributed by atoms with Crippen LogP contribution in [0.5, 0.6) is 0 Å². The molecule has 0 radical (unpaired) electrons. The SMILES string of the molecule is C=CC1C2C(c3ccc(F)c4c3-c3c5c(cccc5cc[n+]32)C4(C)C)C12C[n+]1ccccc1-c1cc(C(C)(C)C)nn12. The van der Waals surface area contributed by atoms with Gasteiger partial charge in [-0.15, -0.1) is 6.58 Å². The van der Waals surface area contributed by atoms with Crippen molar-refractivity contribution in [2.75, 3.05) is 0 Å². The van der Waals surface area contributed by atoms with E-state index in [1.807, 2.05) is 0 Å². The van der Waals surface area contributed by atoms with Crippen molar-refractivity contribution in [3.63, 3.8) is 0 Å². The number of allylic oxidation sites excluding steroid dienone is 1. The maximum Gasteiger partial charge on any atom is 0.230 e. The molecule has 1 fully saturated rings. The van der Waals surface area contributed by atoms with Crippen LogP contribution in [0.15, 0.2) is 85.7 Å². The Morgan fingerprint density at radius 2 is 1.88 bits per heavy atom. The Hall–Kier alpha value is -4.12. The van der Waals surface area contributed by atoms with Crippen LogP contribution in [0.3, 0.4) is 0 Å². The Labute approximate surface area is 245 Å². The summed E-state index contributed by atoms with van der Waals surface area (Å²) in [6.07, 6.45) is 6.60. The van der Waals surface area contributed by atoms with Gasteiger partial charge in [0.25, 0.3) is 0 Å². The van der Waals surface area contributed by atoms with Crippen LogP contribution in [-0.2, 0) is 22.9 Å². The van der Waals surface area contributed by atoms with Crippen molar-refractivity contribution < 1.29 is 13.5 Å². The number of halogens is 1. The maximum atomic E-state index is 16.1. The molecule has 0 amide bonds. The third-order valence-electron chi connectivity index (χ3n) is 11.0. The minimum Gasteiger partial charge on any atom is -0.244 e. The van der Waals surface area contributed by atoms with Gasteiger partial charge in [-0.1, -0.05) is 65.0 Å². The van der Waals surface area contributed by atoms with E-state index in [1.165, 1.54) is 27.6 Å². The first-order chi connectivity index (χ1) is 20.1. The summed E-state index contributed by atoms with van der Waals surface area (Å²) in [5.41, 5.74) is 7.96. The molecular formula is C37H35FN4+2. The zero-order valence-corrected chi connectivity index (χ0v) is 24.8. The number of benzene rings is 2. The molecule has 4 nitrogen and oxygen atoms in total. The minimum absolute atomic E-state index is 0.0955. The Balaban J connectivity index is 1.40. The predicted molar refractivity (Wildman–Crippen MR) is 162 cm³/mol. The van der Waals surface area contributed by atoms with Crippen LogP contribution >= 0.6 is 0 Å². The van der Waals surface area contributed by atoms with Gasteiger partial charge in [0, 0.05) is 34.6 Å². The topological polar surface area (TPSA) is 25.6 Å². The molecular weight excluding hydrogens is 519 g/mol. The van der Waals surface area contributed by atoms with Gasteiger partial charge in [0.1, 0.15) is 17.1 Å². The Morgan fingerprint density at radius 3 is 2.67 bits per heavy atom. The zero-order chi connectivity index (χ0) is 28.9. The number of aromatic nitrogens is 4. The molecule has 4 unspecified atom stereocenters. The van der Waals surface area contributed by atoms with Crippen molar-refractivity contribution in [2.45, 2.75) is 69.5 Å². The molecule has 2 aliphatic carbocycles. The van der Waals surface area contributed by atoms with Crippen LogP contribution in [0.2, 0.25) is 0 Å². The standard InChI is InChI=1S/C37H35FN4/c1-7-23-33-31(37(23)20-40-17-9-8-13-26(40)27-19-28(35(2,3)4)39-42(27)37)22-14-15-25(38)32-30(22)34-29-21(16-18-41(33)34)11-10-12-24(29)36(32,5)6/h7-19,23,31,33H,1,20H2,2-6H3/q+2. The second-order valence-electron chi connectivity index (χ2n) is 14.4. The van der Waals surface area contributed by atoms with Gasteiger partial charge in [-0.05, 0) is 34.7 Å². The molecule has 0 N–H and O–H groups in total. The van der Waals surface area contributed by atoms with E-state index in [9.17, 15) is 0 Å². The fraction of sp³-hybridized carbons (Fsp3) is 0.324. The molecule has 5 heterocycles. The third kappa shape index (κ3) is 2.59. The highest BCUT2D eigenvalue weighted by molar-refractivity contribution is 6.01. The second-order valence-corrected chi connectivity index (χ2v) is 14.4. The lowest BCUT2D eigenvalue weighted by Gasteiger charge is -2.58. The first-order valence-corrected chi connectivity index (χ1v) is 15.1. The van der Waals surface area contributed by atoms with Gasteiger partial charge < -0.3 is 0 Å². The first-order valence-electron chi connectivity index (χ1n) is 15.1. The summed E-state index contributed by atoms with van der Waals surface area (Å²) in [5.74, 6) is 0.0949. The molecule has 2 aliphatic heterocycles. The highest BCUT2D eigenvalue weighted by atomic mass is 19.1. The highest BCUT2D eigenvalue weighted by Gasteiger charge is 2.74. The fourth-order valence-corrected chi connectivity index (χ4v) is 9.14. The summed E-state index contributed by atoms with van der Waals surface area (Å²) in [7, 11) is 0. The van der Waals surface area contributed by atoms with Crippen molar-refractivity contribution in [1.82, 2.24) is 9.78 Å². The van der Waals surface area contributed by atoms with Gasteiger partial charge in [0.05, 0.1) is 28.5 Å². The first kappa shape index (κ1) is 24.5. The molecule has 1 spiro atoms. The average Bonchev–Trinajstić information content (AvgIpc) is 3.42. The summed E-state index contributed by atoms with van der Waals surface area (Å²) < 4.78 is 23.3. The molecule has 5 heteroatoms. The minimum atomic E-state index is -0.465. The van der Waals surface area contributed by atoms with Crippen LogP contribution in [0.4, 0.5) is 4.39 Å². The monoisotopic (exact) mass is 554 g/mol. The summed E-state index contributed by atoms with van der Waals surface area (Å²) >= 11 is 0. The van der Waals surface area contributed by atoms with Crippen LogP contribution < -0.4 is 9.13 Å². The number of hydrogen-bond donors (Lipinski definition) is 0. The van der Waals surface area contributed by atoms with Gasteiger partial charge in [0.15, 0.2) is 25.0 Å². The maximum absolute atomic E-state index is 16.1. The van der Waals surface area contributed by atoms with E-state index in [1.54, 1.807) is 6.07 Å². The molecule has 3 aromatic heterocycles. The van der Waals surface area contributed by atoms with Gasteiger partial charge in [0.2, 0.25) is 11.4 Å². The van der Waals surface area contributed by atoms with E-state index in [4.69, 9.17) is 5.10 Å². The number of rotatable bonds is 1. The van der Waals surface area contributed by atoms with Crippen LogP contribution in [0.1, 0.15) is 69.0 Å². The van der Waals surface area contributed by atoms with E-state index in [0.717, 1.165) is 34.8 Å². The van der Waals surface area contributed by atoms with Gasteiger partial charge in [-0.3, -0.25) is 0 Å². The Morgan fingerprint density at radius 1 is 1.05 bits per heavy atom. The molecule has 5 aromatic rings. The summed E-state index contributed by atoms with van der Waals surface area (Å²) in [4.78, 5) is 0. The molecule has 1 saturated carbocycles. The van der Waals surface area contributed by atoms with E-state index in [0.29, 0.717) is 0 Å². The van der Waals surface area contributed by atoms with E-state index < -0.39 is 5.41 Å². The van der Waals surface area contributed by atoms with E-state index in [-0.39, 0.29) is 34.6 Å². The van der Waals surface area contributed by atoms with Crippen LogP contribution in [0.25, 0.3) is 33.4 Å². The van der Waals surface area contributed by atoms with Crippen molar-refractivity contribution in [2.24, 2.45) is 5.92 Å². The number of nitrogens with zero attached hydrogens (tertiary/aromatic N) is 4. The quantitative estimate of drug-likeness (QED) is 0.164. The molecule has 2 aromatic carbocycles. The molecule has 4 aliphatic rings. The van der Waals surface area contributed by atoms with Crippen molar-refractivity contribution in [3.05, 3.63) is 114 Å². The molecule has 4 atom stereocenters. The summed E-state index contributed by atoms with van der Waals surface area (Å²) in [5, 5.41) is 7.88. The smallest absolute Gasteiger partial charge is 0.230 e. The zero-order valence-electron chi connectivity index (χ0n) is 24.8. The third-order valence-corrected chi connectivity index (χ3v) is 11.0. The Bertz CT molecular complexity index is 2040. The Kier molecular flexibility index (Phi) is 4.34. The molecule has 42 heavy (non-hydrogen) atoms. The normalized spacial score (nSPS) is 25.4. The van der Waals surface area contributed by atoms with Crippen LogP contribution in [0, 0.1) is 11.7 Å². The molecule has 0 bridgehead atoms. The van der Waals surface area contributed by atoms with Crippen molar-refractivity contribution >= 4 is 10.8 Å². The van der Waals surface area contributed by atoms with Gasteiger partial charge in [-0.25, -0.2) is 9.07 Å². The van der Waals surface area contributed by atoms with Gasteiger partial charge in [-0.2, -0.15) is 14.2 Å². The highest BCUT2D eigenvalue weighted by Crippen LogP contribution is 2.67. The van der Waals surface area contributed by atoms with Crippen LogP contribution in [-0.4, -0.2) is 9.78 Å². The fourth-order valence-electron chi connectivity index (χ4n) is 9.14. The average molecular weight is 555 g/mol. The molecule has 9 rings (SSSR count). The second kappa shape index (κ2) is 7.44. The summed E-state index contributed by atoms with van der Waals surface area (Å²) in [6.45, 7) is 16.3. The largest absolute Gasteiger partial charge is 0.244 e. The van der Waals surface area contributed by atoms with Crippen molar-refractivity contribution in [3.8, 4) is 22.6 Å². The number of pyridine rings is 2.